The van der Waals surface area contributed by atoms with Crippen LogP contribution in [0.15, 0.2) is 28.7 Å². The molecule has 0 aliphatic rings. The molecule has 8 nitrogen and oxygen atoms in total. The minimum Gasteiger partial charge on any atom is -0.396 e. The molecule has 0 aliphatic carbocycles. The first-order valence-electron chi connectivity index (χ1n) is 9.95. The zero-order valence-electron chi connectivity index (χ0n) is 17.8. The molecule has 0 radical (unpaired) electrons. The first-order chi connectivity index (χ1) is 15.3. The number of rotatable bonds is 12. The van der Waals surface area contributed by atoms with Crippen molar-refractivity contribution in [1.82, 2.24) is 5.48 Å². The van der Waals surface area contributed by atoms with Gasteiger partial charge in [-0.25, -0.2) is 9.87 Å². The number of carbonyl (C=O) groups is 1. The lowest BCUT2D eigenvalue weighted by Gasteiger charge is -2.25. The molecule has 176 valence electrons. The van der Waals surface area contributed by atoms with Gasteiger partial charge in [0, 0.05) is 31.7 Å². The lowest BCUT2D eigenvalue weighted by Crippen LogP contribution is -2.27. The highest BCUT2D eigenvalue weighted by Crippen LogP contribution is 2.39. The van der Waals surface area contributed by atoms with Crippen molar-refractivity contribution in [2.45, 2.75) is 12.8 Å². The average Bonchev–Trinajstić information content (AvgIpc) is 2.76. The van der Waals surface area contributed by atoms with Crippen molar-refractivity contribution in [3.05, 3.63) is 45.1 Å². The molecule has 2 rings (SSSR count). The van der Waals surface area contributed by atoms with Crippen molar-refractivity contribution < 1.29 is 24.2 Å². The number of hydroxylamine groups is 1. The minimum atomic E-state index is -0.694. The largest absolute Gasteiger partial charge is 0.396 e. The number of carbonyl (C=O) groups excluding carboxylic acids is 1. The predicted molar refractivity (Wildman–Crippen MR) is 128 cm³/mol. The van der Waals surface area contributed by atoms with Crippen LogP contribution in [0.25, 0.3) is 0 Å². The Kier molecular flexibility index (Phi) is 10.5. The second kappa shape index (κ2) is 12.8. The van der Waals surface area contributed by atoms with Gasteiger partial charge in [0.2, 0.25) is 0 Å². The molecule has 0 aromatic heterocycles. The summed E-state index contributed by atoms with van der Waals surface area (Å²) < 4.78 is 16.4. The summed E-state index contributed by atoms with van der Waals surface area (Å²) >= 11 is 9.60. The predicted octanol–water partition coefficient (Wildman–Crippen LogP) is 3.89. The van der Waals surface area contributed by atoms with E-state index in [2.05, 4.69) is 32.0 Å². The van der Waals surface area contributed by atoms with Crippen molar-refractivity contribution in [1.29, 1.82) is 0 Å². The smallest absolute Gasteiger partial charge is 0.277 e. The molecule has 0 unspecified atom stereocenters. The van der Waals surface area contributed by atoms with Crippen molar-refractivity contribution in [2.24, 2.45) is 0 Å². The van der Waals surface area contributed by atoms with E-state index in [1.165, 1.54) is 0 Å². The van der Waals surface area contributed by atoms with Crippen molar-refractivity contribution in [3.8, 4) is 0 Å². The van der Waals surface area contributed by atoms with E-state index in [1.807, 2.05) is 0 Å². The Morgan fingerprint density at radius 3 is 2.59 bits per heavy atom. The Hall–Kier alpha value is -2.11. The lowest BCUT2D eigenvalue weighted by atomic mass is 10.1. The van der Waals surface area contributed by atoms with Gasteiger partial charge in [-0.05, 0) is 37.1 Å². The van der Waals surface area contributed by atoms with Crippen LogP contribution in [0.5, 0.6) is 0 Å². The summed E-state index contributed by atoms with van der Waals surface area (Å²) in [7, 11) is 3.36. The van der Waals surface area contributed by atoms with Gasteiger partial charge in [-0.1, -0.05) is 27.5 Å². The van der Waals surface area contributed by atoms with Crippen LogP contribution in [0.1, 0.15) is 23.2 Å². The molecule has 0 saturated heterocycles. The summed E-state index contributed by atoms with van der Waals surface area (Å²) in [6.45, 7) is 0.208. The Morgan fingerprint density at radius 2 is 1.97 bits per heavy atom. The number of amides is 1. The van der Waals surface area contributed by atoms with E-state index in [1.54, 1.807) is 43.3 Å². The van der Waals surface area contributed by atoms with Crippen LogP contribution in [0.3, 0.4) is 0 Å². The second-order valence-corrected chi connectivity index (χ2v) is 8.18. The van der Waals surface area contributed by atoms with Crippen molar-refractivity contribution in [3.63, 3.8) is 0 Å². The van der Waals surface area contributed by atoms with E-state index in [0.717, 1.165) is 4.47 Å². The SMILES string of the molecule is CNc1c(N(C)CCCCO)cc(C(=O)NOCCO)c(Nc2ccc(Br)cc2Cl)c1F. The van der Waals surface area contributed by atoms with Crippen LogP contribution < -0.4 is 21.0 Å². The van der Waals surface area contributed by atoms with E-state index in [0.29, 0.717) is 35.8 Å². The fourth-order valence-electron chi connectivity index (χ4n) is 3.00. The van der Waals surface area contributed by atoms with Gasteiger partial charge in [0.05, 0.1) is 46.5 Å². The van der Waals surface area contributed by atoms with Crippen LogP contribution in [-0.2, 0) is 4.84 Å². The molecule has 0 bridgehead atoms. The Balaban J connectivity index is 2.54. The van der Waals surface area contributed by atoms with E-state index in [9.17, 15) is 4.79 Å². The quantitative estimate of drug-likeness (QED) is 0.208. The number of aliphatic hydroxyl groups is 2. The molecule has 0 fully saturated rings. The lowest BCUT2D eigenvalue weighted by molar-refractivity contribution is 0.0169. The summed E-state index contributed by atoms with van der Waals surface area (Å²) in [5.74, 6) is -1.37. The molecule has 32 heavy (non-hydrogen) atoms. The van der Waals surface area contributed by atoms with Gasteiger partial charge in [-0.2, -0.15) is 0 Å². The molecule has 5 N–H and O–H groups in total. The van der Waals surface area contributed by atoms with Crippen LogP contribution in [-0.4, -0.2) is 56.6 Å². The number of aliphatic hydroxyl groups excluding tert-OH is 2. The highest BCUT2D eigenvalue weighted by molar-refractivity contribution is 9.10. The van der Waals surface area contributed by atoms with Crippen LogP contribution in [0.2, 0.25) is 5.02 Å². The summed E-state index contributed by atoms with van der Waals surface area (Å²) in [4.78, 5) is 19.5. The van der Waals surface area contributed by atoms with E-state index in [-0.39, 0.29) is 36.8 Å². The van der Waals surface area contributed by atoms with Crippen molar-refractivity contribution >= 4 is 56.2 Å². The van der Waals surface area contributed by atoms with Crippen LogP contribution >= 0.6 is 27.5 Å². The van der Waals surface area contributed by atoms with Gasteiger partial charge >= 0.3 is 0 Å². The number of unbranched alkanes of at least 4 members (excludes halogenated alkanes) is 1. The highest BCUT2D eigenvalue weighted by atomic mass is 79.9. The maximum Gasteiger partial charge on any atom is 0.277 e. The molecule has 2 aromatic rings. The van der Waals surface area contributed by atoms with Gasteiger partial charge < -0.3 is 25.7 Å². The molecule has 0 atom stereocenters. The highest BCUT2D eigenvalue weighted by Gasteiger charge is 2.24. The Bertz CT molecular complexity index is 935. The first kappa shape index (κ1) is 26.1. The second-order valence-electron chi connectivity index (χ2n) is 6.86. The number of hydrogen-bond donors (Lipinski definition) is 5. The Labute approximate surface area is 199 Å². The molecular weight excluding hydrogens is 507 g/mol. The van der Waals surface area contributed by atoms with Gasteiger partial charge in [0.25, 0.3) is 5.91 Å². The Morgan fingerprint density at radius 1 is 1.22 bits per heavy atom. The fraction of sp³-hybridized carbons (Fsp3) is 0.381. The first-order valence-corrected chi connectivity index (χ1v) is 11.1. The van der Waals surface area contributed by atoms with Crippen molar-refractivity contribution in [2.75, 3.05) is 56.0 Å². The number of nitrogens with one attached hydrogen (secondary N) is 3. The monoisotopic (exact) mass is 532 g/mol. The molecule has 0 saturated carbocycles. The van der Waals surface area contributed by atoms with Gasteiger partial charge in [0.1, 0.15) is 0 Å². The zero-order chi connectivity index (χ0) is 23.7. The number of nitrogens with zero attached hydrogens (tertiary/aromatic N) is 1. The average molecular weight is 534 g/mol. The van der Waals surface area contributed by atoms with E-state index >= 15 is 4.39 Å². The number of hydrogen-bond acceptors (Lipinski definition) is 7. The third-order valence-electron chi connectivity index (χ3n) is 4.60. The number of anilines is 4. The van der Waals surface area contributed by atoms with E-state index < -0.39 is 11.7 Å². The molecule has 11 heteroatoms. The standard InChI is InChI=1S/C21H27BrClFN4O4/c1-25-20-17(28(2)7-3-4-8-29)12-14(21(31)27-32-10-9-30)19(18(20)24)26-16-6-5-13(22)11-15(16)23/h5-6,11-12,25-26,29-30H,3-4,7-10H2,1-2H3,(H,27,31). The molecular formula is C21H27BrClFN4O4. The third kappa shape index (κ3) is 6.69. The number of halogens is 3. The molecule has 2 aromatic carbocycles. The van der Waals surface area contributed by atoms with Crippen LogP contribution in [0.4, 0.5) is 27.1 Å². The molecule has 0 spiro atoms. The molecule has 1 amide bonds. The summed E-state index contributed by atoms with van der Waals surface area (Å²) in [6.07, 6.45) is 1.29. The van der Waals surface area contributed by atoms with E-state index in [4.69, 9.17) is 26.7 Å². The van der Waals surface area contributed by atoms with Gasteiger partial charge in [0.15, 0.2) is 5.82 Å². The summed E-state index contributed by atoms with van der Waals surface area (Å²) in [5.41, 5.74) is 3.18. The number of benzene rings is 2. The molecule has 0 heterocycles. The van der Waals surface area contributed by atoms with Gasteiger partial charge in [-0.3, -0.25) is 9.63 Å². The van der Waals surface area contributed by atoms with Crippen LogP contribution in [0, 0.1) is 5.82 Å². The van der Waals surface area contributed by atoms with Gasteiger partial charge in [-0.15, -0.1) is 0 Å². The minimum absolute atomic E-state index is 0.0116. The molecule has 0 aliphatic heterocycles. The zero-order valence-corrected chi connectivity index (χ0v) is 20.2. The third-order valence-corrected chi connectivity index (χ3v) is 5.41. The topological polar surface area (TPSA) is 106 Å². The maximum atomic E-state index is 15.7. The normalized spacial score (nSPS) is 10.7. The summed E-state index contributed by atoms with van der Waals surface area (Å²) in [5, 5.41) is 24.0. The summed E-state index contributed by atoms with van der Waals surface area (Å²) in [6, 6.07) is 6.58. The maximum absolute atomic E-state index is 15.7. The fourth-order valence-corrected chi connectivity index (χ4v) is 3.72.